The summed E-state index contributed by atoms with van der Waals surface area (Å²) in [4.78, 5) is 2.55. The quantitative estimate of drug-likeness (QED) is 0.362. The van der Waals surface area contributed by atoms with Crippen LogP contribution in [0.15, 0.2) is 64.1 Å². The zero-order valence-electron chi connectivity index (χ0n) is 20.3. The first-order chi connectivity index (χ1) is 17.1. The molecule has 3 N–H and O–H groups in total. The molecule has 35 heavy (non-hydrogen) atoms. The molecule has 1 aromatic carbocycles. The summed E-state index contributed by atoms with van der Waals surface area (Å²) in [7, 11) is 0. The lowest BCUT2D eigenvalue weighted by molar-refractivity contribution is -0.133. The molecule has 184 valence electrons. The number of furan rings is 1. The van der Waals surface area contributed by atoms with Crippen LogP contribution in [0.25, 0.3) is 11.0 Å². The highest BCUT2D eigenvalue weighted by molar-refractivity contribution is 6.00. The van der Waals surface area contributed by atoms with E-state index in [0.29, 0.717) is 23.9 Å². The predicted octanol–water partition coefficient (Wildman–Crippen LogP) is 3.64. The Morgan fingerprint density at radius 1 is 1.23 bits per heavy atom. The van der Waals surface area contributed by atoms with Crippen molar-refractivity contribution in [1.82, 2.24) is 4.90 Å². The third kappa shape index (κ3) is 5.57. The lowest BCUT2D eigenvalue weighted by atomic mass is 9.82. The minimum absolute atomic E-state index is 0.112. The fraction of sp³-hybridized carbons (Fsp3) is 0.429. The Bertz CT molecular complexity index is 1180. The summed E-state index contributed by atoms with van der Waals surface area (Å²) in [6.07, 6.45) is 13.6. The molecule has 0 bridgehead atoms. The average Bonchev–Trinajstić information content (AvgIpc) is 3.32. The highest BCUT2D eigenvalue weighted by Gasteiger charge is 2.27. The third-order valence-corrected chi connectivity index (χ3v) is 6.98. The Labute approximate surface area is 206 Å². The van der Waals surface area contributed by atoms with Crippen LogP contribution in [-0.4, -0.2) is 55.6 Å². The second-order valence-corrected chi connectivity index (χ2v) is 9.48. The van der Waals surface area contributed by atoms with E-state index >= 15 is 0 Å². The zero-order valence-corrected chi connectivity index (χ0v) is 20.3. The van der Waals surface area contributed by atoms with E-state index in [1.165, 1.54) is 18.4 Å². The maximum atomic E-state index is 7.99. The van der Waals surface area contributed by atoms with Crippen LogP contribution in [0, 0.1) is 11.3 Å². The van der Waals surface area contributed by atoms with Gasteiger partial charge in [-0.25, -0.2) is 5.41 Å². The van der Waals surface area contributed by atoms with Crippen LogP contribution in [0.3, 0.4) is 0 Å². The summed E-state index contributed by atoms with van der Waals surface area (Å²) < 4.78 is 22.9. The Balaban J connectivity index is 1.08. The van der Waals surface area contributed by atoms with Gasteiger partial charge in [-0.15, -0.1) is 0 Å². The molecule has 7 nitrogen and oxygen atoms in total. The van der Waals surface area contributed by atoms with Gasteiger partial charge in [0.25, 0.3) is 5.90 Å². The van der Waals surface area contributed by atoms with E-state index in [0.717, 1.165) is 50.2 Å². The monoisotopic (exact) mass is 476 g/mol. The molecule has 0 saturated carbocycles. The van der Waals surface area contributed by atoms with E-state index in [1.807, 2.05) is 18.2 Å². The van der Waals surface area contributed by atoms with Gasteiger partial charge in [-0.05, 0) is 62.4 Å². The number of likely N-dealkylation sites (tertiary alicyclic amines) is 1. The summed E-state index contributed by atoms with van der Waals surface area (Å²) in [5, 5.41) is 14.4. The number of allylic oxidation sites excluding steroid dienone is 2. The molecule has 1 fully saturated rings. The standard InChI is InChI=1S/C28H33N3O4/c1-19(29)34-28(30)27-18-23-24(6-2-7-25(23)35-27)32-16-4-12-31-13-10-20(11-14-31)22-9-8-21-5-3-15-33-26(21)17-22/h2-3,5-9,18,20,26,29-30H,4,10-17H2,1H3/p+1. The van der Waals surface area contributed by atoms with Gasteiger partial charge >= 0.3 is 5.90 Å². The lowest BCUT2D eigenvalue weighted by Crippen LogP contribution is -2.40. The van der Waals surface area contributed by atoms with Crippen molar-refractivity contribution in [1.29, 1.82) is 5.41 Å². The highest BCUT2D eigenvalue weighted by atomic mass is 16.5. The zero-order chi connectivity index (χ0) is 24.2. The van der Waals surface area contributed by atoms with E-state index in [2.05, 4.69) is 29.2 Å². The van der Waals surface area contributed by atoms with E-state index in [1.54, 1.807) is 18.6 Å². The maximum absolute atomic E-state index is 7.99. The summed E-state index contributed by atoms with van der Waals surface area (Å²) in [6.45, 7) is 6.25. The summed E-state index contributed by atoms with van der Waals surface area (Å²) in [5.74, 6) is 1.85. The maximum Gasteiger partial charge on any atom is 0.336 e. The van der Waals surface area contributed by atoms with Gasteiger partial charge in [-0.2, -0.15) is 0 Å². The normalized spacial score (nSPS) is 20.8. The molecule has 1 atom stereocenters. The molecule has 3 aliphatic rings. The van der Waals surface area contributed by atoms with Gasteiger partial charge in [0.05, 0.1) is 31.6 Å². The Morgan fingerprint density at radius 3 is 2.91 bits per heavy atom. The first-order valence-electron chi connectivity index (χ1n) is 12.5. The summed E-state index contributed by atoms with van der Waals surface area (Å²) in [5.41, 5.74) is 3.54. The molecule has 1 aliphatic carbocycles. The van der Waals surface area contributed by atoms with Gasteiger partial charge in [-0.3, -0.25) is 5.41 Å². The molecule has 0 radical (unpaired) electrons. The second kappa shape index (κ2) is 10.6. The van der Waals surface area contributed by atoms with Gasteiger partial charge in [0.15, 0.2) is 5.76 Å². The van der Waals surface area contributed by atoms with Crippen LogP contribution in [0.2, 0.25) is 0 Å². The van der Waals surface area contributed by atoms with E-state index in [9.17, 15) is 0 Å². The number of rotatable bonds is 7. The number of ether oxygens (including phenoxy) is 3. The van der Waals surface area contributed by atoms with Crippen LogP contribution in [0.1, 0.15) is 38.4 Å². The minimum Gasteiger partial charge on any atom is -0.493 e. The summed E-state index contributed by atoms with van der Waals surface area (Å²) in [6, 6.07) is 7.46. The smallest absolute Gasteiger partial charge is 0.336 e. The average molecular weight is 477 g/mol. The number of fused-ring (bicyclic) bond motifs is 2. The first kappa shape index (κ1) is 23.6. The first-order valence-corrected chi connectivity index (χ1v) is 12.5. The second-order valence-electron chi connectivity index (χ2n) is 9.48. The highest BCUT2D eigenvalue weighted by Crippen LogP contribution is 2.34. The number of benzene rings is 1. The molecule has 1 aromatic heterocycles. The number of nitrogens with zero attached hydrogens (tertiary/aromatic N) is 1. The molecular weight excluding hydrogens is 442 g/mol. The van der Waals surface area contributed by atoms with E-state index in [4.69, 9.17) is 29.4 Å². The molecule has 2 aliphatic heterocycles. The summed E-state index contributed by atoms with van der Waals surface area (Å²) >= 11 is 0. The molecule has 1 unspecified atom stereocenters. The molecule has 0 spiro atoms. The molecule has 7 heteroatoms. The number of piperidine rings is 1. The lowest BCUT2D eigenvalue weighted by Gasteiger charge is -2.35. The van der Waals surface area contributed by atoms with Crippen LogP contribution >= 0.6 is 0 Å². The molecule has 1 saturated heterocycles. The number of hydrogen-bond acceptors (Lipinski definition) is 6. The number of nitrogens with two attached hydrogens (primary N) is 1. The van der Waals surface area contributed by atoms with Crippen molar-refractivity contribution in [3.05, 3.63) is 65.5 Å². The fourth-order valence-corrected chi connectivity index (χ4v) is 5.17. The van der Waals surface area contributed by atoms with Crippen molar-refractivity contribution < 1.29 is 24.0 Å². The number of hydrogen-bond donors (Lipinski definition) is 2. The van der Waals surface area contributed by atoms with Gasteiger partial charge in [0.1, 0.15) is 11.3 Å². The Kier molecular flexibility index (Phi) is 7.16. The molecule has 5 rings (SSSR count). The van der Waals surface area contributed by atoms with Crippen LogP contribution < -0.4 is 10.1 Å². The van der Waals surface area contributed by atoms with Crippen molar-refractivity contribution in [2.75, 3.05) is 32.8 Å². The van der Waals surface area contributed by atoms with Gasteiger partial charge in [0.2, 0.25) is 0 Å². The van der Waals surface area contributed by atoms with Crippen molar-refractivity contribution >= 4 is 22.8 Å². The minimum atomic E-state index is -0.112. The topological polar surface area (TPSA) is 93.5 Å². The van der Waals surface area contributed by atoms with Crippen molar-refractivity contribution in [2.24, 2.45) is 5.92 Å². The van der Waals surface area contributed by atoms with Gasteiger partial charge in [-0.1, -0.05) is 35.9 Å². The molecular formula is C28H34N3O4+. The van der Waals surface area contributed by atoms with Gasteiger partial charge in [0, 0.05) is 12.6 Å². The Hall–Kier alpha value is -3.16. The van der Waals surface area contributed by atoms with Crippen molar-refractivity contribution in [3.63, 3.8) is 0 Å². The molecule has 2 aromatic rings. The Morgan fingerprint density at radius 2 is 2.09 bits per heavy atom. The third-order valence-electron chi connectivity index (χ3n) is 6.98. The van der Waals surface area contributed by atoms with Crippen LogP contribution in [-0.2, 0) is 9.47 Å². The predicted molar refractivity (Wildman–Crippen MR) is 136 cm³/mol. The van der Waals surface area contributed by atoms with Gasteiger partial charge < -0.3 is 23.5 Å². The molecule has 3 heterocycles. The van der Waals surface area contributed by atoms with Crippen molar-refractivity contribution in [3.8, 4) is 5.75 Å². The van der Waals surface area contributed by atoms with Crippen LogP contribution in [0.5, 0.6) is 5.75 Å². The van der Waals surface area contributed by atoms with Crippen LogP contribution in [0.4, 0.5) is 0 Å². The van der Waals surface area contributed by atoms with E-state index in [-0.39, 0.29) is 17.9 Å². The largest absolute Gasteiger partial charge is 0.493 e. The van der Waals surface area contributed by atoms with Crippen molar-refractivity contribution in [2.45, 2.75) is 38.7 Å². The molecule has 0 amide bonds. The van der Waals surface area contributed by atoms with E-state index < -0.39 is 0 Å². The number of nitrogens with one attached hydrogen (secondary N) is 1. The fourth-order valence-electron chi connectivity index (χ4n) is 5.17. The SMILES string of the molecule is CC(=[NH2+])OC(=N)c1cc2c(OCCCN3CCC(C4=CC=C5C=CCOC5C4)CC3)cccc2o1.